The summed E-state index contributed by atoms with van der Waals surface area (Å²) in [4.78, 5) is 25.3. The summed E-state index contributed by atoms with van der Waals surface area (Å²) in [5, 5.41) is 0.884. The Kier molecular flexibility index (Phi) is 6.42. The van der Waals surface area contributed by atoms with Crippen molar-refractivity contribution in [3.05, 3.63) is 38.7 Å². The number of hydrogen-bond acceptors (Lipinski definition) is 5. The summed E-state index contributed by atoms with van der Waals surface area (Å²) in [6.07, 6.45) is 0.273. The minimum atomic E-state index is -0.555. The topological polar surface area (TPSA) is 69.0 Å². The number of benzene rings is 1. The molecular weight excluding hydrogens is 370 g/mol. The first-order valence-electron chi connectivity index (χ1n) is 8.80. The van der Waals surface area contributed by atoms with E-state index in [4.69, 9.17) is 25.5 Å². The first-order valence-corrected chi connectivity index (χ1v) is 9.18. The third-order valence-corrected chi connectivity index (χ3v) is 4.50. The second-order valence-electron chi connectivity index (χ2n) is 7.50. The van der Waals surface area contributed by atoms with E-state index in [0.717, 1.165) is 10.9 Å². The molecule has 0 bridgehead atoms. The Labute approximate surface area is 164 Å². The van der Waals surface area contributed by atoms with Crippen LogP contribution in [0.1, 0.15) is 38.3 Å². The molecule has 0 N–H and O–H groups in total. The number of rotatable bonds is 5. The zero-order valence-corrected chi connectivity index (χ0v) is 17.4. The van der Waals surface area contributed by atoms with E-state index in [1.54, 1.807) is 14.0 Å². The Hall–Kier alpha value is -2.21. The average Bonchev–Trinajstić information content (AvgIpc) is 2.57. The lowest BCUT2D eigenvalue weighted by Gasteiger charge is -2.24. The van der Waals surface area contributed by atoms with Crippen LogP contribution in [0, 0.1) is 13.8 Å². The zero-order valence-electron chi connectivity index (χ0n) is 16.6. The Balaban J connectivity index is 2.00. The maximum atomic E-state index is 11.9. The molecule has 1 aromatic heterocycles. The molecule has 0 aliphatic rings. The second kappa shape index (κ2) is 8.21. The largest absolute Gasteiger partial charge is 0.493 e. The molecule has 0 atom stereocenters. The first kappa shape index (κ1) is 21.1. The fourth-order valence-corrected chi connectivity index (χ4v) is 2.72. The predicted octanol–water partition coefficient (Wildman–Crippen LogP) is 4.70. The third kappa shape index (κ3) is 5.16. The van der Waals surface area contributed by atoms with Crippen LogP contribution in [-0.4, -0.2) is 36.8 Å². The Morgan fingerprint density at radius 2 is 1.89 bits per heavy atom. The van der Waals surface area contributed by atoms with Crippen LogP contribution in [0.3, 0.4) is 0 Å². The van der Waals surface area contributed by atoms with Gasteiger partial charge in [0.05, 0.1) is 6.61 Å². The van der Waals surface area contributed by atoms with Gasteiger partial charge in [0.2, 0.25) is 0 Å². The lowest BCUT2D eigenvalue weighted by Crippen LogP contribution is -2.35. The summed E-state index contributed by atoms with van der Waals surface area (Å²) in [5.74, 6) is 0.632. The fourth-order valence-electron chi connectivity index (χ4n) is 2.58. The highest BCUT2D eigenvalue weighted by Gasteiger charge is 2.19. The van der Waals surface area contributed by atoms with Gasteiger partial charge in [-0.15, -0.1) is 0 Å². The molecule has 1 amide bonds. The number of fused-ring (bicyclic) bond motifs is 1. The highest BCUT2D eigenvalue weighted by Crippen LogP contribution is 2.30. The summed E-state index contributed by atoms with van der Waals surface area (Å²) < 4.78 is 16.4. The number of halogens is 1. The fraction of sp³-hybridized carbons (Fsp3) is 0.500. The number of ether oxygens (including phenoxy) is 2. The van der Waals surface area contributed by atoms with Gasteiger partial charge >= 0.3 is 11.7 Å². The van der Waals surface area contributed by atoms with Crippen LogP contribution in [0.2, 0.25) is 5.02 Å². The SMILES string of the molecule is Cc1c(Cl)c(=O)oc2c(C)c(OCCCN(C)C(=O)OC(C)(C)C)ccc12. The highest BCUT2D eigenvalue weighted by atomic mass is 35.5. The van der Waals surface area contributed by atoms with Crippen molar-refractivity contribution in [3.63, 3.8) is 0 Å². The van der Waals surface area contributed by atoms with E-state index in [-0.39, 0.29) is 11.1 Å². The number of hydrogen-bond donors (Lipinski definition) is 0. The number of carbonyl (C=O) groups is 1. The molecule has 27 heavy (non-hydrogen) atoms. The van der Waals surface area contributed by atoms with E-state index in [1.807, 2.05) is 39.8 Å². The molecule has 1 aromatic carbocycles. The van der Waals surface area contributed by atoms with Crippen LogP contribution in [0.4, 0.5) is 4.79 Å². The van der Waals surface area contributed by atoms with Crippen molar-refractivity contribution in [2.24, 2.45) is 0 Å². The summed E-state index contributed by atoms with van der Waals surface area (Å²) in [6, 6.07) is 3.66. The molecule has 2 rings (SSSR count). The van der Waals surface area contributed by atoms with E-state index in [2.05, 4.69) is 0 Å². The van der Waals surface area contributed by atoms with Crippen molar-refractivity contribution in [1.29, 1.82) is 0 Å². The quantitative estimate of drug-likeness (QED) is 0.542. The molecule has 0 aliphatic carbocycles. The number of aryl methyl sites for hydroxylation is 2. The van der Waals surface area contributed by atoms with Crippen molar-refractivity contribution in [2.75, 3.05) is 20.2 Å². The van der Waals surface area contributed by atoms with E-state index in [1.165, 1.54) is 4.90 Å². The zero-order chi connectivity index (χ0) is 20.4. The average molecular weight is 396 g/mol. The highest BCUT2D eigenvalue weighted by molar-refractivity contribution is 6.31. The number of carbonyl (C=O) groups excluding carboxylic acids is 1. The lowest BCUT2D eigenvalue weighted by molar-refractivity contribution is 0.0292. The van der Waals surface area contributed by atoms with Crippen LogP contribution < -0.4 is 10.4 Å². The molecule has 2 aromatic rings. The maximum absolute atomic E-state index is 11.9. The molecule has 0 aliphatic heterocycles. The van der Waals surface area contributed by atoms with Crippen LogP contribution in [0.15, 0.2) is 21.3 Å². The Morgan fingerprint density at radius 3 is 2.52 bits per heavy atom. The Bertz CT molecular complexity index is 898. The summed E-state index contributed by atoms with van der Waals surface area (Å²) in [5.41, 5.74) is 0.835. The van der Waals surface area contributed by atoms with E-state index in [0.29, 0.717) is 36.5 Å². The van der Waals surface area contributed by atoms with E-state index < -0.39 is 11.2 Å². The summed E-state index contributed by atoms with van der Waals surface area (Å²) in [6.45, 7) is 10.0. The van der Waals surface area contributed by atoms with Gasteiger partial charge in [0.25, 0.3) is 0 Å². The lowest BCUT2D eigenvalue weighted by atomic mass is 10.1. The van der Waals surface area contributed by atoms with Crippen LogP contribution >= 0.6 is 11.6 Å². The van der Waals surface area contributed by atoms with E-state index >= 15 is 0 Å². The van der Waals surface area contributed by atoms with Crippen molar-refractivity contribution < 1.29 is 18.7 Å². The molecule has 1 heterocycles. The van der Waals surface area contributed by atoms with Crippen molar-refractivity contribution >= 4 is 28.7 Å². The first-order chi connectivity index (χ1) is 12.5. The van der Waals surface area contributed by atoms with Crippen LogP contribution in [-0.2, 0) is 4.74 Å². The van der Waals surface area contributed by atoms with Gasteiger partial charge < -0.3 is 18.8 Å². The Morgan fingerprint density at radius 1 is 1.22 bits per heavy atom. The molecule has 0 unspecified atom stereocenters. The minimum Gasteiger partial charge on any atom is -0.493 e. The van der Waals surface area contributed by atoms with Gasteiger partial charge in [0, 0.05) is 24.5 Å². The third-order valence-electron chi connectivity index (χ3n) is 4.06. The van der Waals surface area contributed by atoms with Crippen LogP contribution in [0.5, 0.6) is 5.75 Å². The van der Waals surface area contributed by atoms with Gasteiger partial charge in [0.1, 0.15) is 22.0 Å². The molecule has 0 spiro atoms. The van der Waals surface area contributed by atoms with Gasteiger partial charge in [-0.25, -0.2) is 9.59 Å². The normalized spacial score (nSPS) is 11.5. The maximum Gasteiger partial charge on any atom is 0.410 e. The molecule has 0 saturated heterocycles. The summed E-state index contributed by atoms with van der Waals surface area (Å²) >= 11 is 5.97. The molecule has 0 radical (unpaired) electrons. The van der Waals surface area contributed by atoms with Gasteiger partial charge in [-0.05, 0) is 58.7 Å². The molecule has 6 nitrogen and oxygen atoms in total. The molecule has 7 heteroatoms. The predicted molar refractivity (Wildman–Crippen MR) is 106 cm³/mol. The second-order valence-corrected chi connectivity index (χ2v) is 7.88. The van der Waals surface area contributed by atoms with Gasteiger partial charge in [-0.2, -0.15) is 0 Å². The minimum absolute atomic E-state index is 0.0979. The van der Waals surface area contributed by atoms with Crippen LogP contribution in [0.25, 0.3) is 11.0 Å². The molecule has 0 fully saturated rings. The number of amides is 1. The van der Waals surface area contributed by atoms with Gasteiger partial charge in [0.15, 0.2) is 0 Å². The standard InChI is InChI=1S/C20H26ClNO5/c1-12-14-8-9-15(13(2)17(14)26-18(23)16(12)21)25-11-7-10-22(6)19(24)27-20(3,4)5/h8-9H,7,10-11H2,1-6H3. The molecular formula is C20H26ClNO5. The van der Waals surface area contributed by atoms with Gasteiger partial charge in [-0.1, -0.05) is 11.6 Å². The van der Waals surface area contributed by atoms with Gasteiger partial charge in [-0.3, -0.25) is 0 Å². The molecule has 148 valence electrons. The smallest absolute Gasteiger partial charge is 0.410 e. The monoisotopic (exact) mass is 395 g/mol. The van der Waals surface area contributed by atoms with E-state index in [9.17, 15) is 9.59 Å². The molecule has 0 saturated carbocycles. The van der Waals surface area contributed by atoms with Crippen molar-refractivity contribution in [1.82, 2.24) is 4.90 Å². The van der Waals surface area contributed by atoms with Crippen molar-refractivity contribution in [2.45, 2.75) is 46.6 Å². The van der Waals surface area contributed by atoms with Crippen molar-refractivity contribution in [3.8, 4) is 5.75 Å². The number of nitrogens with zero attached hydrogens (tertiary/aromatic N) is 1. The summed E-state index contributed by atoms with van der Waals surface area (Å²) in [7, 11) is 1.69.